The number of hydrogen-bond acceptors (Lipinski definition) is 4. The van der Waals surface area contributed by atoms with Crippen molar-refractivity contribution in [2.24, 2.45) is 0 Å². The molecule has 8 heteroatoms. The average molecular weight is 439 g/mol. The number of H-pyrrole nitrogens is 1. The number of Topliss-reactive ketones (excluding diaryl/α,β-unsaturated/α-hetero) is 1. The number of rotatable bonds is 9. The molecule has 0 spiro atoms. The van der Waals surface area contributed by atoms with Gasteiger partial charge in [-0.2, -0.15) is 0 Å². The molecule has 0 aliphatic rings. The fourth-order valence-electron chi connectivity index (χ4n) is 2.73. The minimum atomic E-state index is -4.82. The lowest BCUT2D eigenvalue weighted by Gasteiger charge is -2.13. The summed E-state index contributed by atoms with van der Waals surface area (Å²) in [6, 6.07) is 3.77. The van der Waals surface area contributed by atoms with Gasteiger partial charge in [-0.15, -0.1) is 13.2 Å². The van der Waals surface area contributed by atoms with E-state index in [1.54, 1.807) is 26.0 Å². The minimum Gasteiger partial charge on any atom is -0.491 e. The standard InChI is InChI=1S/C21H22F3NO4.C2H6/c1-4-14(20(9-13(2)3)28-8-7-26)10-19(27)17-12-25-18-6-5-15(11-16(17)18)29-21(22,23)24;1-2/h4-6,9,11-12,25-26H,2,7-8,10H2,1,3H3;1-2H3/b14-4-,20-9+;. The molecule has 0 radical (unpaired) electrons. The Bertz CT molecular complexity index is 955. The summed E-state index contributed by atoms with van der Waals surface area (Å²) >= 11 is 0. The first-order chi connectivity index (χ1) is 14.6. The molecule has 0 fully saturated rings. The van der Waals surface area contributed by atoms with Crippen LogP contribution in [0.3, 0.4) is 0 Å². The molecular formula is C23H28F3NO4. The summed E-state index contributed by atoms with van der Waals surface area (Å²) < 4.78 is 46.9. The van der Waals surface area contributed by atoms with Gasteiger partial charge in [0.25, 0.3) is 0 Å². The van der Waals surface area contributed by atoms with Gasteiger partial charge < -0.3 is 19.6 Å². The van der Waals surface area contributed by atoms with Crippen LogP contribution in [0.5, 0.6) is 5.75 Å². The number of nitrogens with one attached hydrogen (secondary N) is 1. The van der Waals surface area contributed by atoms with Crippen molar-refractivity contribution in [1.29, 1.82) is 0 Å². The highest BCUT2D eigenvalue weighted by Crippen LogP contribution is 2.29. The number of carbonyl (C=O) groups is 1. The van der Waals surface area contributed by atoms with E-state index in [-0.39, 0.29) is 31.0 Å². The predicted molar refractivity (Wildman–Crippen MR) is 115 cm³/mol. The van der Waals surface area contributed by atoms with Gasteiger partial charge in [0, 0.05) is 29.1 Å². The second-order valence-electron chi connectivity index (χ2n) is 6.30. The highest BCUT2D eigenvalue weighted by molar-refractivity contribution is 6.09. The van der Waals surface area contributed by atoms with Crippen LogP contribution in [0.15, 0.2) is 60.0 Å². The van der Waals surface area contributed by atoms with Gasteiger partial charge in [0.1, 0.15) is 18.1 Å². The van der Waals surface area contributed by atoms with Crippen LogP contribution < -0.4 is 4.74 Å². The van der Waals surface area contributed by atoms with Crippen molar-refractivity contribution in [2.75, 3.05) is 13.2 Å². The predicted octanol–water partition coefficient (Wildman–Crippen LogP) is 6.08. The summed E-state index contributed by atoms with van der Waals surface area (Å²) in [5.74, 6) is -0.309. The van der Waals surface area contributed by atoms with E-state index in [4.69, 9.17) is 9.84 Å². The molecule has 1 aromatic heterocycles. The van der Waals surface area contributed by atoms with Gasteiger partial charge in [-0.3, -0.25) is 4.79 Å². The van der Waals surface area contributed by atoms with Crippen LogP contribution in [0.1, 0.15) is 44.5 Å². The first-order valence-corrected chi connectivity index (χ1v) is 9.81. The molecule has 2 aromatic rings. The molecule has 2 rings (SSSR count). The molecule has 0 saturated carbocycles. The topological polar surface area (TPSA) is 71.5 Å². The van der Waals surface area contributed by atoms with E-state index >= 15 is 0 Å². The molecule has 31 heavy (non-hydrogen) atoms. The third kappa shape index (κ3) is 7.97. The van der Waals surface area contributed by atoms with Gasteiger partial charge >= 0.3 is 6.36 Å². The number of aliphatic hydroxyl groups is 1. The van der Waals surface area contributed by atoms with Crippen LogP contribution in [-0.2, 0) is 4.74 Å². The summed E-state index contributed by atoms with van der Waals surface area (Å²) in [7, 11) is 0. The summed E-state index contributed by atoms with van der Waals surface area (Å²) in [6.45, 7) is 11.1. The second kappa shape index (κ2) is 12.0. The molecular weight excluding hydrogens is 411 g/mol. The number of aromatic nitrogens is 1. The number of ketones is 1. The van der Waals surface area contributed by atoms with Crippen molar-refractivity contribution < 1.29 is 32.5 Å². The third-order valence-corrected chi connectivity index (χ3v) is 3.93. The SMILES string of the molecule is C=C(C)/C=C(OCCO)\C(=C/C)CC(=O)c1c[nH]c2ccc(OC(F)(F)F)cc12.CC. The number of aliphatic hydroxyl groups excluding tert-OH is 1. The van der Waals surface area contributed by atoms with Crippen molar-refractivity contribution in [3.63, 3.8) is 0 Å². The second-order valence-corrected chi connectivity index (χ2v) is 6.30. The lowest BCUT2D eigenvalue weighted by atomic mass is 10.00. The largest absolute Gasteiger partial charge is 0.573 e. The average Bonchev–Trinajstić information content (AvgIpc) is 3.12. The maximum atomic E-state index is 12.9. The molecule has 0 aliphatic heterocycles. The molecule has 0 unspecified atom stereocenters. The van der Waals surface area contributed by atoms with Gasteiger partial charge in [-0.1, -0.05) is 32.1 Å². The maximum absolute atomic E-state index is 12.9. The van der Waals surface area contributed by atoms with E-state index in [1.807, 2.05) is 13.8 Å². The first kappa shape index (κ1) is 26.0. The number of hydrogen-bond donors (Lipinski definition) is 2. The Kier molecular flexibility index (Phi) is 10.1. The normalized spacial score (nSPS) is 12.3. The fourth-order valence-corrected chi connectivity index (χ4v) is 2.73. The van der Waals surface area contributed by atoms with Crippen LogP contribution in [0, 0.1) is 0 Å². The Balaban J connectivity index is 0.00000233. The Morgan fingerprint density at radius 1 is 1.29 bits per heavy atom. The third-order valence-electron chi connectivity index (χ3n) is 3.93. The molecule has 0 bridgehead atoms. The molecule has 170 valence electrons. The number of ether oxygens (including phenoxy) is 2. The van der Waals surface area contributed by atoms with Gasteiger partial charge in [0.2, 0.25) is 0 Å². The van der Waals surface area contributed by atoms with Crippen molar-refractivity contribution in [3.8, 4) is 5.75 Å². The van der Waals surface area contributed by atoms with Crippen LogP contribution >= 0.6 is 0 Å². The van der Waals surface area contributed by atoms with Gasteiger partial charge in [0.05, 0.1) is 6.61 Å². The van der Waals surface area contributed by atoms with E-state index in [9.17, 15) is 18.0 Å². The summed E-state index contributed by atoms with van der Waals surface area (Å²) in [4.78, 5) is 15.7. The van der Waals surface area contributed by atoms with Gasteiger partial charge in [-0.25, -0.2) is 0 Å². The Morgan fingerprint density at radius 3 is 2.52 bits per heavy atom. The zero-order chi connectivity index (χ0) is 23.6. The number of allylic oxidation sites excluding steroid dienone is 4. The van der Waals surface area contributed by atoms with Crippen molar-refractivity contribution in [1.82, 2.24) is 4.98 Å². The summed E-state index contributed by atoms with van der Waals surface area (Å²) in [5, 5.41) is 9.33. The first-order valence-electron chi connectivity index (χ1n) is 9.81. The maximum Gasteiger partial charge on any atom is 0.573 e. The lowest BCUT2D eigenvalue weighted by molar-refractivity contribution is -0.274. The van der Waals surface area contributed by atoms with Crippen molar-refractivity contribution >= 4 is 16.7 Å². The van der Waals surface area contributed by atoms with Crippen molar-refractivity contribution in [2.45, 2.75) is 40.5 Å². The zero-order valence-corrected chi connectivity index (χ0v) is 18.1. The van der Waals surface area contributed by atoms with Gasteiger partial charge in [-0.05, 0) is 43.7 Å². The van der Waals surface area contributed by atoms with E-state index in [2.05, 4.69) is 16.3 Å². The van der Waals surface area contributed by atoms with Crippen LogP contribution in [0.25, 0.3) is 10.9 Å². The molecule has 1 heterocycles. The number of alkyl halides is 3. The number of carbonyl (C=O) groups excluding carboxylic acids is 1. The number of aromatic amines is 1. The Labute approximate surface area is 179 Å². The molecule has 0 aliphatic carbocycles. The smallest absolute Gasteiger partial charge is 0.491 e. The van der Waals surface area contributed by atoms with Gasteiger partial charge in [0.15, 0.2) is 5.78 Å². The molecule has 0 atom stereocenters. The van der Waals surface area contributed by atoms with Crippen molar-refractivity contribution in [3.05, 3.63) is 65.6 Å². The number of halogens is 3. The fraction of sp³-hybridized carbons (Fsp3) is 0.348. The number of fused-ring (bicyclic) bond motifs is 1. The monoisotopic (exact) mass is 439 g/mol. The quantitative estimate of drug-likeness (QED) is 0.282. The highest BCUT2D eigenvalue weighted by atomic mass is 19.4. The zero-order valence-electron chi connectivity index (χ0n) is 18.1. The molecule has 1 aromatic carbocycles. The molecule has 0 amide bonds. The number of benzene rings is 1. The molecule has 5 nitrogen and oxygen atoms in total. The summed E-state index contributed by atoms with van der Waals surface area (Å²) in [5.41, 5.74) is 2.03. The van der Waals surface area contributed by atoms with Crippen LogP contribution in [0.4, 0.5) is 13.2 Å². The van der Waals surface area contributed by atoms with Crippen LogP contribution in [-0.4, -0.2) is 35.4 Å². The van der Waals surface area contributed by atoms with E-state index in [1.165, 1.54) is 24.4 Å². The Morgan fingerprint density at radius 2 is 1.97 bits per heavy atom. The van der Waals surface area contributed by atoms with E-state index in [0.29, 0.717) is 27.8 Å². The van der Waals surface area contributed by atoms with Crippen LogP contribution in [0.2, 0.25) is 0 Å². The highest BCUT2D eigenvalue weighted by Gasteiger charge is 2.31. The van der Waals surface area contributed by atoms with E-state index in [0.717, 1.165) is 0 Å². The summed E-state index contributed by atoms with van der Waals surface area (Å²) in [6.07, 6.45) is -0.0505. The van der Waals surface area contributed by atoms with E-state index < -0.39 is 12.1 Å². The minimum absolute atomic E-state index is 0.0433. The lowest BCUT2D eigenvalue weighted by Crippen LogP contribution is -2.17. The Hall–Kier alpha value is -3.00. The molecule has 0 saturated heterocycles. The molecule has 2 N–H and O–H groups in total.